The summed E-state index contributed by atoms with van der Waals surface area (Å²) in [5, 5.41) is 0. The topological polar surface area (TPSA) is 12.4 Å². The summed E-state index contributed by atoms with van der Waals surface area (Å²) >= 11 is 0. The minimum Gasteiger partial charge on any atom is -0.289 e. The highest BCUT2D eigenvalue weighted by atomic mass is 14.8. The van der Waals surface area contributed by atoms with Crippen LogP contribution in [-0.2, 0) is 0 Å². The molecule has 1 nitrogen and oxygen atoms in total. The highest BCUT2D eigenvalue weighted by molar-refractivity contribution is 6.02. The third-order valence-electron chi connectivity index (χ3n) is 2.06. The largest absolute Gasteiger partial charge is 0.289 e. The Morgan fingerprint density at radius 3 is 3.22 bits per heavy atom. The maximum atomic E-state index is 4.41. The van der Waals surface area contributed by atoms with Gasteiger partial charge in [-0.05, 0) is 31.3 Å². The lowest BCUT2D eigenvalue weighted by molar-refractivity contribution is 0.868. The molecule has 0 amide bonds. The smallest absolute Gasteiger partial charge is 0.0433 e. The van der Waals surface area contributed by atoms with E-state index in [-0.39, 0.29) is 0 Å². The van der Waals surface area contributed by atoms with E-state index in [0.29, 0.717) is 0 Å². The Labute approximate surface area is 55.5 Å². The highest BCUT2D eigenvalue weighted by Gasteiger charge is 2.14. The van der Waals surface area contributed by atoms with Crippen LogP contribution < -0.4 is 0 Å². The van der Waals surface area contributed by atoms with Gasteiger partial charge in [-0.1, -0.05) is 6.08 Å². The van der Waals surface area contributed by atoms with E-state index in [0.717, 1.165) is 6.54 Å². The van der Waals surface area contributed by atoms with Crippen molar-refractivity contribution in [2.75, 3.05) is 6.54 Å². The molecule has 1 heteroatoms. The molecular weight excluding hydrogens is 110 g/mol. The fraction of sp³-hybridized carbons (Fsp3) is 0.625. The van der Waals surface area contributed by atoms with Crippen molar-refractivity contribution in [3.63, 3.8) is 0 Å². The molecule has 0 spiro atoms. The molecular formula is C8H11N. The molecule has 48 valence electrons. The first-order valence-corrected chi connectivity index (χ1v) is 3.69. The van der Waals surface area contributed by atoms with E-state index < -0.39 is 0 Å². The Hall–Kier alpha value is -0.590. The number of fused-ring (bicyclic) bond motifs is 1. The third kappa shape index (κ3) is 0.805. The monoisotopic (exact) mass is 121 g/mol. The SMILES string of the molecule is C1=C2CCN=C2CCC1. The lowest BCUT2D eigenvalue weighted by Gasteiger charge is -2.07. The van der Waals surface area contributed by atoms with Crippen LogP contribution in [0.1, 0.15) is 25.7 Å². The van der Waals surface area contributed by atoms with Crippen LogP contribution in [0, 0.1) is 0 Å². The molecule has 0 fully saturated rings. The van der Waals surface area contributed by atoms with Crippen molar-refractivity contribution in [1.82, 2.24) is 0 Å². The Morgan fingerprint density at radius 2 is 2.33 bits per heavy atom. The fourth-order valence-electron chi connectivity index (χ4n) is 1.56. The predicted octanol–water partition coefficient (Wildman–Crippen LogP) is 1.94. The van der Waals surface area contributed by atoms with Gasteiger partial charge in [-0.3, -0.25) is 4.99 Å². The number of aliphatic imine (C=N–C) groups is 1. The van der Waals surface area contributed by atoms with Crippen LogP contribution in [0.4, 0.5) is 0 Å². The van der Waals surface area contributed by atoms with Crippen LogP contribution in [0.15, 0.2) is 16.6 Å². The molecule has 1 aliphatic carbocycles. The first-order valence-electron chi connectivity index (χ1n) is 3.69. The molecule has 0 unspecified atom stereocenters. The van der Waals surface area contributed by atoms with E-state index in [4.69, 9.17) is 0 Å². The quantitative estimate of drug-likeness (QED) is 0.464. The van der Waals surface area contributed by atoms with E-state index in [1.54, 1.807) is 5.57 Å². The summed E-state index contributed by atoms with van der Waals surface area (Å²) in [7, 11) is 0. The molecule has 2 aliphatic rings. The van der Waals surface area contributed by atoms with Crippen molar-refractivity contribution < 1.29 is 0 Å². The van der Waals surface area contributed by atoms with Gasteiger partial charge >= 0.3 is 0 Å². The Kier molecular flexibility index (Phi) is 1.15. The first-order chi connectivity index (χ1) is 4.47. The van der Waals surface area contributed by atoms with E-state index in [9.17, 15) is 0 Å². The second-order valence-electron chi connectivity index (χ2n) is 2.70. The predicted molar refractivity (Wildman–Crippen MR) is 38.9 cm³/mol. The van der Waals surface area contributed by atoms with Crippen molar-refractivity contribution in [2.24, 2.45) is 4.99 Å². The van der Waals surface area contributed by atoms with E-state index in [1.807, 2.05) is 0 Å². The molecule has 0 saturated carbocycles. The Morgan fingerprint density at radius 1 is 1.33 bits per heavy atom. The maximum Gasteiger partial charge on any atom is 0.0433 e. The van der Waals surface area contributed by atoms with E-state index in [2.05, 4.69) is 11.1 Å². The number of hydrogen-bond acceptors (Lipinski definition) is 1. The summed E-state index contributed by atoms with van der Waals surface area (Å²) in [4.78, 5) is 4.41. The van der Waals surface area contributed by atoms with Crippen molar-refractivity contribution in [1.29, 1.82) is 0 Å². The second kappa shape index (κ2) is 1.98. The molecule has 1 heterocycles. The Bertz CT molecular complexity index is 177. The van der Waals surface area contributed by atoms with Gasteiger partial charge in [0.1, 0.15) is 0 Å². The van der Waals surface area contributed by atoms with Gasteiger partial charge in [0.25, 0.3) is 0 Å². The minimum absolute atomic E-state index is 1.06. The molecule has 0 aromatic carbocycles. The zero-order valence-corrected chi connectivity index (χ0v) is 5.56. The average molecular weight is 121 g/mol. The van der Waals surface area contributed by atoms with Crippen LogP contribution in [0.3, 0.4) is 0 Å². The van der Waals surface area contributed by atoms with E-state index >= 15 is 0 Å². The van der Waals surface area contributed by atoms with Gasteiger partial charge in [-0.15, -0.1) is 0 Å². The number of rotatable bonds is 0. The molecule has 0 radical (unpaired) electrons. The summed E-state index contributed by atoms with van der Waals surface area (Å²) in [6.45, 7) is 1.06. The standard InChI is InChI=1S/C8H11N/c1-2-4-8-7(3-1)5-6-9-8/h3H,1-2,4-6H2. The molecule has 9 heavy (non-hydrogen) atoms. The second-order valence-corrected chi connectivity index (χ2v) is 2.70. The summed E-state index contributed by atoms with van der Waals surface area (Å²) in [5.41, 5.74) is 2.95. The van der Waals surface area contributed by atoms with Crippen LogP contribution in [0.5, 0.6) is 0 Å². The van der Waals surface area contributed by atoms with Gasteiger partial charge in [-0.2, -0.15) is 0 Å². The fourth-order valence-corrected chi connectivity index (χ4v) is 1.56. The summed E-state index contributed by atoms with van der Waals surface area (Å²) in [6, 6.07) is 0. The lowest BCUT2D eigenvalue weighted by Crippen LogP contribution is -2.01. The van der Waals surface area contributed by atoms with Gasteiger partial charge in [0.15, 0.2) is 0 Å². The number of allylic oxidation sites excluding steroid dienone is 1. The average Bonchev–Trinajstić information content (AvgIpc) is 2.33. The Balaban J connectivity index is 2.30. The first kappa shape index (κ1) is 5.21. The van der Waals surface area contributed by atoms with Crippen molar-refractivity contribution in [3.05, 3.63) is 11.6 Å². The molecule has 0 aromatic heterocycles. The van der Waals surface area contributed by atoms with Gasteiger partial charge in [-0.25, -0.2) is 0 Å². The van der Waals surface area contributed by atoms with Crippen LogP contribution >= 0.6 is 0 Å². The van der Waals surface area contributed by atoms with Gasteiger partial charge < -0.3 is 0 Å². The highest BCUT2D eigenvalue weighted by Crippen LogP contribution is 2.22. The molecule has 0 bridgehead atoms. The zero-order valence-electron chi connectivity index (χ0n) is 5.56. The summed E-state index contributed by atoms with van der Waals surface area (Å²) in [5.74, 6) is 0. The number of nitrogens with zero attached hydrogens (tertiary/aromatic N) is 1. The van der Waals surface area contributed by atoms with Crippen LogP contribution in [0.25, 0.3) is 0 Å². The van der Waals surface area contributed by atoms with Gasteiger partial charge in [0.05, 0.1) is 0 Å². The van der Waals surface area contributed by atoms with E-state index in [1.165, 1.54) is 31.4 Å². The zero-order chi connectivity index (χ0) is 6.10. The number of hydrogen-bond donors (Lipinski definition) is 0. The molecule has 0 N–H and O–H groups in total. The van der Waals surface area contributed by atoms with Crippen LogP contribution in [-0.4, -0.2) is 12.3 Å². The van der Waals surface area contributed by atoms with Gasteiger partial charge in [0, 0.05) is 12.3 Å². The minimum atomic E-state index is 1.06. The molecule has 2 rings (SSSR count). The third-order valence-corrected chi connectivity index (χ3v) is 2.06. The van der Waals surface area contributed by atoms with Gasteiger partial charge in [0.2, 0.25) is 0 Å². The molecule has 0 saturated heterocycles. The normalized spacial score (nSPS) is 24.9. The summed E-state index contributed by atoms with van der Waals surface area (Å²) < 4.78 is 0. The molecule has 1 aliphatic heterocycles. The summed E-state index contributed by atoms with van der Waals surface area (Å²) in [6.07, 6.45) is 7.42. The van der Waals surface area contributed by atoms with Crippen molar-refractivity contribution in [2.45, 2.75) is 25.7 Å². The van der Waals surface area contributed by atoms with Crippen LogP contribution in [0.2, 0.25) is 0 Å². The molecule has 0 atom stereocenters. The van der Waals surface area contributed by atoms with Crippen molar-refractivity contribution >= 4 is 5.71 Å². The maximum absolute atomic E-state index is 4.41. The van der Waals surface area contributed by atoms with Crippen molar-refractivity contribution in [3.8, 4) is 0 Å². The lowest BCUT2D eigenvalue weighted by atomic mass is 9.97. The molecule has 0 aromatic rings.